The lowest BCUT2D eigenvalue weighted by Crippen LogP contribution is -2.26. The van der Waals surface area contributed by atoms with Crippen LogP contribution in [0.5, 0.6) is 0 Å². The zero-order chi connectivity index (χ0) is 12.3. The Morgan fingerprint density at radius 3 is 2.56 bits per heavy atom. The number of hydrogen-bond acceptors (Lipinski definition) is 1. The van der Waals surface area contributed by atoms with Crippen LogP contribution < -0.4 is 0 Å². The highest BCUT2D eigenvalue weighted by Gasteiger charge is 2.30. The smallest absolute Gasteiger partial charge is 0.149 e. The van der Waals surface area contributed by atoms with E-state index in [-0.39, 0.29) is 10.6 Å². The minimum atomic E-state index is -1.12. The van der Waals surface area contributed by atoms with Crippen molar-refractivity contribution in [3.8, 4) is 0 Å². The summed E-state index contributed by atoms with van der Waals surface area (Å²) >= 11 is 8.97. The molecule has 4 heteroatoms. The van der Waals surface area contributed by atoms with Crippen molar-refractivity contribution in [3.63, 3.8) is 0 Å². The Hall–Kier alpha value is -0.120. The van der Waals surface area contributed by atoms with Crippen LogP contribution in [-0.4, -0.2) is 5.11 Å². The van der Waals surface area contributed by atoms with E-state index in [0.29, 0.717) is 17.3 Å². The fraction of sp³-hybridized carbons (Fsp3) is 0.500. The van der Waals surface area contributed by atoms with Crippen LogP contribution in [0.25, 0.3) is 0 Å². The van der Waals surface area contributed by atoms with E-state index in [9.17, 15) is 9.50 Å². The molecule has 0 saturated carbocycles. The molecular formula is C12H15BrClFO. The Balaban J connectivity index is 3.26. The second-order valence-electron chi connectivity index (χ2n) is 3.86. The van der Waals surface area contributed by atoms with Gasteiger partial charge in [0.15, 0.2) is 0 Å². The van der Waals surface area contributed by atoms with Gasteiger partial charge < -0.3 is 5.11 Å². The van der Waals surface area contributed by atoms with Gasteiger partial charge in [0.25, 0.3) is 0 Å². The number of benzene rings is 1. The van der Waals surface area contributed by atoms with Crippen molar-refractivity contribution < 1.29 is 9.50 Å². The third-order valence-corrected chi connectivity index (χ3v) is 4.04. The molecule has 1 nitrogen and oxygen atoms in total. The minimum Gasteiger partial charge on any atom is -0.385 e. The fourth-order valence-electron chi connectivity index (χ4n) is 1.80. The molecule has 1 atom stereocenters. The molecule has 0 aliphatic carbocycles. The maximum Gasteiger partial charge on any atom is 0.149 e. The second kappa shape index (κ2) is 5.48. The monoisotopic (exact) mass is 308 g/mol. The first-order valence-corrected chi connectivity index (χ1v) is 6.49. The molecule has 1 rings (SSSR count). The van der Waals surface area contributed by atoms with Crippen LogP contribution in [-0.2, 0) is 5.60 Å². The molecule has 0 heterocycles. The van der Waals surface area contributed by atoms with Crippen molar-refractivity contribution in [3.05, 3.63) is 33.0 Å². The van der Waals surface area contributed by atoms with Gasteiger partial charge in [-0.1, -0.05) is 37.9 Å². The molecule has 1 aromatic carbocycles. The van der Waals surface area contributed by atoms with Crippen LogP contribution in [0.15, 0.2) is 16.6 Å². The topological polar surface area (TPSA) is 20.2 Å². The standard InChI is InChI=1S/C12H15BrClFO/c1-3-7-12(16,4-2)8-5-6-9(13)10(14)11(8)15/h5-6,16H,3-4,7H2,1-2H3. The van der Waals surface area contributed by atoms with E-state index in [0.717, 1.165) is 6.42 Å². The van der Waals surface area contributed by atoms with Crippen LogP contribution in [0.4, 0.5) is 4.39 Å². The molecule has 16 heavy (non-hydrogen) atoms. The quantitative estimate of drug-likeness (QED) is 0.803. The minimum absolute atomic E-state index is 0.0282. The summed E-state index contributed by atoms with van der Waals surface area (Å²) in [5, 5.41) is 10.4. The average molecular weight is 310 g/mol. The van der Waals surface area contributed by atoms with Gasteiger partial charge >= 0.3 is 0 Å². The van der Waals surface area contributed by atoms with E-state index in [2.05, 4.69) is 15.9 Å². The first-order valence-electron chi connectivity index (χ1n) is 5.32. The van der Waals surface area contributed by atoms with Gasteiger partial charge in [-0.05, 0) is 34.8 Å². The van der Waals surface area contributed by atoms with Crippen LogP contribution >= 0.6 is 27.5 Å². The van der Waals surface area contributed by atoms with E-state index < -0.39 is 11.4 Å². The summed E-state index contributed by atoms with van der Waals surface area (Å²) in [4.78, 5) is 0. The zero-order valence-electron chi connectivity index (χ0n) is 9.36. The van der Waals surface area contributed by atoms with E-state index in [1.165, 1.54) is 0 Å². The molecular weight excluding hydrogens is 294 g/mol. The van der Waals surface area contributed by atoms with Crippen LogP contribution in [0.1, 0.15) is 38.7 Å². The Labute approximate surface area is 109 Å². The molecule has 90 valence electrons. The van der Waals surface area contributed by atoms with Crippen molar-refractivity contribution >= 4 is 27.5 Å². The van der Waals surface area contributed by atoms with Crippen molar-refractivity contribution in [1.29, 1.82) is 0 Å². The number of hydrogen-bond donors (Lipinski definition) is 1. The van der Waals surface area contributed by atoms with Crippen molar-refractivity contribution in [1.82, 2.24) is 0 Å². The summed E-state index contributed by atoms with van der Waals surface area (Å²) in [7, 11) is 0. The van der Waals surface area contributed by atoms with Crippen LogP contribution in [0, 0.1) is 5.82 Å². The Morgan fingerprint density at radius 1 is 1.44 bits per heavy atom. The molecule has 0 aromatic heterocycles. The van der Waals surface area contributed by atoms with E-state index in [4.69, 9.17) is 11.6 Å². The molecule has 0 aliphatic heterocycles. The predicted molar refractivity (Wildman–Crippen MR) is 68.2 cm³/mol. The molecule has 0 spiro atoms. The molecule has 1 unspecified atom stereocenters. The molecule has 1 N–H and O–H groups in total. The molecule has 0 aliphatic rings. The largest absolute Gasteiger partial charge is 0.385 e. The lowest BCUT2D eigenvalue weighted by Gasteiger charge is -2.27. The van der Waals surface area contributed by atoms with E-state index >= 15 is 0 Å². The molecule has 0 amide bonds. The van der Waals surface area contributed by atoms with Gasteiger partial charge in [0.05, 0.1) is 10.6 Å². The maximum atomic E-state index is 13.9. The SMILES string of the molecule is CCCC(O)(CC)c1ccc(Br)c(Cl)c1F. The first-order chi connectivity index (χ1) is 7.46. The molecule has 1 aromatic rings. The summed E-state index contributed by atoms with van der Waals surface area (Å²) in [5.74, 6) is -0.533. The molecule has 0 radical (unpaired) electrons. The second-order valence-corrected chi connectivity index (χ2v) is 5.09. The summed E-state index contributed by atoms with van der Waals surface area (Å²) in [6.45, 7) is 3.80. The highest BCUT2D eigenvalue weighted by atomic mass is 79.9. The first kappa shape index (κ1) is 13.9. The summed E-state index contributed by atoms with van der Waals surface area (Å²) in [6.07, 6.45) is 1.78. The Kier molecular flexibility index (Phi) is 4.77. The van der Waals surface area contributed by atoms with Gasteiger partial charge in [0, 0.05) is 10.0 Å². The molecule has 0 fully saturated rings. The van der Waals surface area contributed by atoms with E-state index in [1.807, 2.05) is 13.8 Å². The van der Waals surface area contributed by atoms with Gasteiger partial charge in [-0.25, -0.2) is 4.39 Å². The average Bonchev–Trinajstić information content (AvgIpc) is 2.26. The van der Waals surface area contributed by atoms with Gasteiger partial charge in [-0.3, -0.25) is 0 Å². The number of rotatable bonds is 4. The highest BCUT2D eigenvalue weighted by Crippen LogP contribution is 2.36. The normalized spacial score (nSPS) is 14.9. The van der Waals surface area contributed by atoms with Gasteiger partial charge in [-0.2, -0.15) is 0 Å². The highest BCUT2D eigenvalue weighted by molar-refractivity contribution is 9.10. The fourth-order valence-corrected chi connectivity index (χ4v) is 2.27. The Bertz CT molecular complexity index is 384. The Morgan fingerprint density at radius 2 is 2.06 bits per heavy atom. The third-order valence-electron chi connectivity index (χ3n) is 2.79. The van der Waals surface area contributed by atoms with Gasteiger partial charge in [0.2, 0.25) is 0 Å². The van der Waals surface area contributed by atoms with Gasteiger partial charge in [0.1, 0.15) is 5.82 Å². The zero-order valence-corrected chi connectivity index (χ0v) is 11.7. The lowest BCUT2D eigenvalue weighted by molar-refractivity contribution is 0.0192. The van der Waals surface area contributed by atoms with Crippen LogP contribution in [0.3, 0.4) is 0 Å². The summed E-state index contributed by atoms with van der Waals surface area (Å²) in [6, 6.07) is 3.25. The summed E-state index contributed by atoms with van der Waals surface area (Å²) < 4.78 is 14.5. The van der Waals surface area contributed by atoms with Crippen molar-refractivity contribution in [2.75, 3.05) is 0 Å². The van der Waals surface area contributed by atoms with E-state index in [1.54, 1.807) is 12.1 Å². The number of aliphatic hydroxyl groups is 1. The third kappa shape index (κ3) is 2.58. The van der Waals surface area contributed by atoms with Crippen molar-refractivity contribution in [2.45, 2.75) is 38.7 Å². The molecule has 0 bridgehead atoms. The number of halogens is 3. The maximum absolute atomic E-state index is 13.9. The van der Waals surface area contributed by atoms with Gasteiger partial charge in [-0.15, -0.1) is 0 Å². The summed E-state index contributed by atoms with van der Waals surface area (Å²) in [5.41, 5.74) is -0.839. The van der Waals surface area contributed by atoms with Crippen LogP contribution in [0.2, 0.25) is 5.02 Å². The lowest BCUT2D eigenvalue weighted by atomic mass is 9.86. The van der Waals surface area contributed by atoms with Crippen molar-refractivity contribution in [2.24, 2.45) is 0 Å². The predicted octanol–water partition coefficient (Wildman–Crippen LogP) is 4.64. The molecule has 0 saturated heterocycles.